The highest BCUT2D eigenvalue weighted by Crippen LogP contribution is 2.21. The molecular formula is C24H25FN4O2. The van der Waals surface area contributed by atoms with Gasteiger partial charge in [0.05, 0.1) is 6.54 Å². The summed E-state index contributed by atoms with van der Waals surface area (Å²) < 4.78 is 21.1. The van der Waals surface area contributed by atoms with Gasteiger partial charge in [-0.15, -0.1) is 0 Å². The number of pyridine rings is 1. The number of nitrogens with zero attached hydrogens (tertiary/aromatic N) is 4. The summed E-state index contributed by atoms with van der Waals surface area (Å²) in [6, 6.07) is 11.7. The zero-order valence-corrected chi connectivity index (χ0v) is 17.9. The van der Waals surface area contributed by atoms with Gasteiger partial charge in [-0.05, 0) is 61.7 Å². The number of rotatable bonds is 7. The topological polar surface area (TPSA) is 64.2 Å². The highest BCUT2D eigenvalue weighted by Gasteiger charge is 2.23. The Hall–Kier alpha value is -3.48. The molecule has 3 aromatic heterocycles. The van der Waals surface area contributed by atoms with Crippen LogP contribution in [0.15, 0.2) is 53.1 Å². The SMILES string of the molecule is CCCn1c(CN(Cc2ccc(F)cc2)C(=O)c2cc(C)c(C)o2)nc2cccnc21. The third-order valence-corrected chi connectivity index (χ3v) is 5.31. The third kappa shape index (κ3) is 4.35. The second kappa shape index (κ2) is 8.71. The van der Waals surface area contributed by atoms with Gasteiger partial charge >= 0.3 is 0 Å². The molecule has 0 aliphatic heterocycles. The molecule has 6 nitrogen and oxygen atoms in total. The maximum absolute atomic E-state index is 13.4. The van der Waals surface area contributed by atoms with E-state index in [2.05, 4.69) is 16.5 Å². The maximum Gasteiger partial charge on any atom is 0.290 e. The zero-order chi connectivity index (χ0) is 22.0. The molecule has 0 radical (unpaired) electrons. The standard InChI is InChI=1S/C24H25FN4O2/c1-4-12-29-22(27-20-6-5-11-26-23(20)29)15-28(14-18-7-9-19(25)10-8-18)24(30)21-13-16(2)17(3)31-21/h5-11,13H,4,12,14-15H2,1-3H3. The Bertz CT molecular complexity index is 1190. The summed E-state index contributed by atoms with van der Waals surface area (Å²) >= 11 is 0. The minimum atomic E-state index is -0.310. The van der Waals surface area contributed by atoms with Crippen LogP contribution in [-0.4, -0.2) is 25.3 Å². The van der Waals surface area contributed by atoms with Gasteiger partial charge in [0.25, 0.3) is 5.91 Å². The van der Waals surface area contributed by atoms with Crippen LogP contribution in [-0.2, 0) is 19.6 Å². The summed E-state index contributed by atoms with van der Waals surface area (Å²) in [6.07, 6.45) is 2.66. The normalized spacial score (nSPS) is 11.2. The molecule has 4 aromatic rings. The number of carbonyl (C=O) groups is 1. The third-order valence-electron chi connectivity index (χ3n) is 5.31. The zero-order valence-electron chi connectivity index (χ0n) is 17.9. The average molecular weight is 420 g/mol. The molecular weight excluding hydrogens is 395 g/mol. The maximum atomic E-state index is 13.4. The fourth-order valence-electron chi connectivity index (χ4n) is 3.60. The second-order valence-corrected chi connectivity index (χ2v) is 7.66. The monoisotopic (exact) mass is 420 g/mol. The lowest BCUT2D eigenvalue weighted by atomic mass is 10.2. The molecule has 0 saturated heterocycles. The number of hydrogen-bond acceptors (Lipinski definition) is 4. The van der Waals surface area contributed by atoms with Crippen LogP contribution in [0.2, 0.25) is 0 Å². The van der Waals surface area contributed by atoms with Crippen molar-refractivity contribution in [2.24, 2.45) is 0 Å². The van der Waals surface area contributed by atoms with Crippen molar-refractivity contribution in [2.75, 3.05) is 0 Å². The molecule has 160 valence electrons. The van der Waals surface area contributed by atoms with Crippen molar-refractivity contribution < 1.29 is 13.6 Å². The van der Waals surface area contributed by atoms with E-state index in [1.54, 1.807) is 29.3 Å². The Kier molecular flexibility index (Phi) is 5.84. The predicted octanol–water partition coefficient (Wildman–Crippen LogP) is 5.03. The molecule has 4 rings (SSSR count). The Morgan fingerprint density at radius 3 is 2.61 bits per heavy atom. The number of imidazole rings is 1. The van der Waals surface area contributed by atoms with Crippen LogP contribution in [0.25, 0.3) is 11.2 Å². The van der Waals surface area contributed by atoms with E-state index in [9.17, 15) is 9.18 Å². The van der Waals surface area contributed by atoms with Gasteiger partial charge < -0.3 is 13.9 Å². The van der Waals surface area contributed by atoms with Crippen LogP contribution >= 0.6 is 0 Å². The Labute approximate surface area is 180 Å². The molecule has 0 saturated carbocycles. The van der Waals surface area contributed by atoms with Crippen LogP contribution in [0.5, 0.6) is 0 Å². The highest BCUT2D eigenvalue weighted by molar-refractivity contribution is 5.91. The largest absolute Gasteiger partial charge is 0.456 e. The molecule has 0 aliphatic rings. The first kappa shape index (κ1) is 20.8. The lowest BCUT2D eigenvalue weighted by Gasteiger charge is -2.22. The van der Waals surface area contributed by atoms with Crippen molar-refractivity contribution in [3.8, 4) is 0 Å². The van der Waals surface area contributed by atoms with E-state index >= 15 is 0 Å². The van der Waals surface area contributed by atoms with E-state index in [1.807, 2.05) is 26.0 Å². The lowest BCUT2D eigenvalue weighted by molar-refractivity contribution is 0.0690. The van der Waals surface area contributed by atoms with Crippen LogP contribution in [0, 0.1) is 19.7 Å². The van der Waals surface area contributed by atoms with E-state index in [0.717, 1.165) is 41.1 Å². The molecule has 1 aromatic carbocycles. The molecule has 31 heavy (non-hydrogen) atoms. The number of aryl methyl sites for hydroxylation is 3. The molecule has 3 heterocycles. The van der Waals surface area contributed by atoms with Gasteiger partial charge in [-0.1, -0.05) is 19.1 Å². The Morgan fingerprint density at radius 1 is 1.16 bits per heavy atom. The van der Waals surface area contributed by atoms with Crippen LogP contribution < -0.4 is 0 Å². The van der Waals surface area contributed by atoms with Crippen molar-refractivity contribution in [1.82, 2.24) is 19.4 Å². The molecule has 0 bridgehead atoms. The van der Waals surface area contributed by atoms with E-state index < -0.39 is 0 Å². The van der Waals surface area contributed by atoms with Gasteiger partial charge in [0, 0.05) is 19.3 Å². The van der Waals surface area contributed by atoms with Gasteiger partial charge in [-0.2, -0.15) is 0 Å². The van der Waals surface area contributed by atoms with Crippen molar-refractivity contribution in [3.05, 3.63) is 83.0 Å². The summed E-state index contributed by atoms with van der Waals surface area (Å²) in [6.45, 7) is 7.18. The van der Waals surface area contributed by atoms with E-state index in [4.69, 9.17) is 9.40 Å². The summed E-state index contributed by atoms with van der Waals surface area (Å²) in [5, 5.41) is 0. The van der Waals surface area contributed by atoms with E-state index in [-0.39, 0.29) is 24.0 Å². The van der Waals surface area contributed by atoms with Crippen LogP contribution in [0.3, 0.4) is 0 Å². The minimum absolute atomic E-state index is 0.233. The molecule has 0 atom stereocenters. The number of furan rings is 1. The smallest absolute Gasteiger partial charge is 0.290 e. The summed E-state index contributed by atoms with van der Waals surface area (Å²) in [5.74, 6) is 1.21. The lowest BCUT2D eigenvalue weighted by Crippen LogP contribution is -2.31. The highest BCUT2D eigenvalue weighted by atomic mass is 19.1. The van der Waals surface area contributed by atoms with Gasteiger partial charge in [-0.25, -0.2) is 14.4 Å². The Balaban J connectivity index is 1.71. The van der Waals surface area contributed by atoms with Gasteiger partial charge in [0.15, 0.2) is 11.4 Å². The summed E-state index contributed by atoms with van der Waals surface area (Å²) in [7, 11) is 0. The molecule has 1 amide bonds. The molecule has 0 unspecified atom stereocenters. The van der Waals surface area contributed by atoms with E-state index in [0.29, 0.717) is 12.3 Å². The van der Waals surface area contributed by atoms with Crippen LogP contribution in [0.4, 0.5) is 4.39 Å². The Morgan fingerprint density at radius 2 is 1.94 bits per heavy atom. The second-order valence-electron chi connectivity index (χ2n) is 7.66. The predicted molar refractivity (Wildman–Crippen MR) is 116 cm³/mol. The van der Waals surface area contributed by atoms with Gasteiger partial charge in [0.1, 0.15) is 22.9 Å². The fourth-order valence-corrected chi connectivity index (χ4v) is 3.60. The number of benzene rings is 1. The first-order valence-corrected chi connectivity index (χ1v) is 10.4. The quantitative estimate of drug-likeness (QED) is 0.421. The molecule has 0 fully saturated rings. The average Bonchev–Trinajstić information content (AvgIpc) is 3.28. The molecule has 0 N–H and O–H groups in total. The summed E-state index contributed by atoms with van der Waals surface area (Å²) in [5.41, 5.74) is 3.35. The number of amides is 1. The van der Waals surface area contributed by atoms with Crippen LogP contribution in [0.1, 0.15) is 46.6 Å². The first-order chi connectivity index (χ1) is 15.0. The molecule has 7 heteroatoms. The summed E-state index contributed by atoms with van der Waals surface area (Å²) in [4.78, 5) is 24.3. The fraction of sp³-hybridized carbons (Fsp3) is 0.292. The van der Waals surface area contributed by atoms with E-state index in [1.165, 1.54) is 12.1 Å². The number of aromatic nitrogens is 3. The van der Waals surface area contributed by atoms with Crippen molar-refractivity contribution >= 4 is 17.1 Å². The molecule has 0 spiro atoms. The van der Waals surface area contributed by atoms with Gasteiger partial charge in [-0.3, -0.25) is 4.79 Å². The molecule has 0 aliphatic carbocycles. The van der Waals surface area contributed by atoms with Crippen molar-refractivity contribution in [3.63, 3.8) is 0 Å². The number of halogens is 1. The first-order valence-electron chi connectivity index (χ1n) is 10.4. The number of fused-ring (bicyclic) bond motifs is 1. The van der Waals surface area contributed by atoms with Crippen molar-refractivity contribution in [1.29, 1.82) is 0 Å². The van der Waals surface area contributed by atoms with Crippen molar-refractivity contribution in [2.45, 2.75) is 46.8 Å². The minimum Gasteiger partial charge on any atom is -0.456 e. The van der Waals surface area contributed by atoms with Gasteiger partial charge in [0.2, 0.25) is 0 Å². The number of carbonyl (C=O) groups excluding carboxylic acids is 1. The number of hydrogen-bond donors (Lipinski definition) is 0.